The number of carboxylic acid groups (broad SMARTS) is 1. The third-order valence-corrected chi connectivity index (χ3v) is 5.52. The zero-order valence-electron chi connectivity index (χ0n) is 19.8. The van der Waals surface area contributed by atoms with Crippen LogP contribution in [0, 0.1) is 6.92 Å². The molecule has 7 nitrogen and oxygen atoms in total. The molecule has 2 aromatic carbocycles. The van der Waals surface area contributed by atoms with Gasteiger partial charge in [0, 0.05) is 24.4 Å². The van der Waals surface area contributed by atoms with Gasteiger partial charge < -0.3 is 19.5 Å². The van der Waals surface area contributed by atoms with Crippen LogP contribution in [0.2, 0.25) is 0 Å². The van der Waals surface area contributed by atoms with Gasteiger partial charge in [0.15, 0.2) is 6.10 Å². The number of carbonyl (C=O) groups excluding carboxylic acids is 1. The van der Waals surface area contributed by atoms with Crippen molar-refractivity contribution in [1.82, 2.24) is 9.88 Å². The molecule has 1 aliphatic heterocycles. The molecule has 12 heteroatoms. The Morgan fingerprint density at radius 2 is 1.78 bits per heavy atom. The second-order valence-electron chi connectivity index (χ2n) is 8.22. The number of alkyl halides is 5. The minimum atomic E-state index is -5.08. The molecule has 0 spiro atoms. The molecular weight excluding hydrogens is 503 g/mol. The average Bonchev–Trinajstić information content (AvgIpc) is 2.84. The number of fused-ring (bicyclic) bond motifs is 1. The molecule has 2 heterocycles. The molecule has 4 rings (SSSR count). The van der Waals surface area contributed by atoms with E-state index in [4.69, 9.17) is 19.4 Å². The third-order valence-electron chi connectivity index (χ3n) is 5.52. The number of aryl methyl sites for hydroxylation is 1. The molecule has 1 aliphatic rings. The van der Waals surface area contributed by atoms with Crippen LogP contribution in [-0.4, -0.2) is 65.3 Å². The van der Waals surface area contributed by atoms with Gasteiger partial charge >= 0.3 is 12.1 Å². The van der Waals surface area contributed by atoms with Crippen molar-refractivity contribution in [2.24, 2.45) is 0 Å². The number of piperidine rings is 1. The minimum absolute atomic E-state index is 0.0616. The standard InChI is InChI=1S/C23H22F2N2O3.C2HF3O2/c1-15-7-9-19(29-2)17(13-15)22(28)27-12-11-23(24,25)20(14-27)30-21-10-8-16-5-3-4-6-18(16)26-21;3-2(4,5)1(6)7/h3-10,13,20H,11-12,14H2,1-2H3;(H,6,7). The molecule has 1 aromatic heterocycles. The zero-order chi connectivity index (χ0) is 27.4. The lowest BCUT2D eigenvalue weighted by atomic mass is 10.0. The summed E-state index contributed by atoms with van der Waals surface area (Å²) in [5, 5.41) is 8.02. The molecule has 1 N–H and O–H groups in total. The van der Waals surface area contributed by atoms with Gasteiger partial charge in [0.05, 0.1) is 24.7 Å². The van der Waals surface area contributed by atoms with Crippen molar-refractivity contribution in [3.05, 3.63) is 65.7 Å². The molecule has 37 heavy (non-hydrogen) atoms. The lowest BCUT2D eigenvalue weighted by Gasteiger charge is -2.38. The van der Waals surface area contributed by atoms with Crippen LogP contribution < -0.4 is 9.47 Å². The smallest absolute Gasteiger partial charge is 0.490 e. The Morgan fingerprint density at radius 1 is 1.11 bits per heavy atom. The Hall–Kier alpha value is -3.96. The van der Waals surface area contributed by atoms with Crippen LogP contribution in [-0.2, 0) is 4.79 Å². The van der Waals surface area contributed by atoms with E-state index in [1.54, 1.807) is 30.3 Å². The number of aliphatic carboxylic acids is 1. The van der Waals surface area contributed by atoms with Gasteiger partial charge in [-0.2, -0.15) is 13.2 Å². The molecule has 0 aliphatic carbocycles. The number of halogens is 5. The number of hydrogen-bond acceptors (Lipinski definition) is 5. The molecule has 1 unspecified atom stereocenters. The summed E-state index contributed by atoms with van der Waals surface area (Å²) >= 11 is 0. The van der Waals surface area contributed by atoms with E-state index in [9.17, 15) is 26.7 Å². The highest BCUT2D eigenvalue weighted by molar-refractivity contribution is 5.97. The van der Waals surface area contributed by atoms with E-state index < -0.39 is 30.6 Å². The number of benzene rings is 2. The van der Waals surface area contributed by atoms with E-state index >= 15 is 0 Å². The second-order valence-corrected chi connectivity index (χ2v) is 8.22. The van der Waals surface area contributed by atoms with Crippen LogP contribution in [0.3, 0.4) is 0 Å². The summed E-state index contributed by atoms with van der Waals surface area (Å²) in [6.45, 7) is 1.56. The van der Waals surface area contributed by atoms with Crippen molar-refractivity contribution in [2.75, 3.05) is 20.2 Å². The van der Waals surface area contributed by atoms with Crippen LogP contribution in [0.5, 0.6) is 11.6 Å². The molecule has 3 aromatic rings. The Morgan fingerprint density at radius 3 is 2.43 bits per heavy atom. The van der Waals surface area contributed by atoms with E-state index in [0.29, 0.717) is 16.8 Å². The molecule has 1 amide bonds. The Kier molecular flexibility index (Phi) is 8.19. The summed E-state index contributed by atoms with van der Waals surface area (Å²) in [7, 11) is 1.48. The number of likely N-dealkylation sites (tertiary alicyclic amines) is 1. The van der Waals surface area contributed by atoms with Crippen molar-refractivity contribution < 1.29 is 46.1 Å². The number of nitrogens with zero attached hydrogens (tertiary/aromatic N) is 2. The van der Waals surface area contributed by atoms with Crippen molar-refractivity contribution in [2.45, 2.75) is 31.5 Å². The number of carbonyl (C=O) groups is 2. The first-order valence-corrected chi connectivity index (χ1v) is 11.0. The number of carboxylic acids is 1. The lowest BCUT2D eigenvalue weighted by Crippen LogP contribution is -2.55. The number of amides is 1. The summed E-state index contributed by atoms with van der Waals surface area (Å²) in [6, 6.07) is 16.0. The third kappa shape index (κ3) is 6.83. The number of para-hydroxylation sites is 1. The van der Waals surface area contributed by atoms with E-state index in [1.165, 1.54) is 12.0 Å². The fourth-order valence-corrected chi connectivity index (χ4v) is 3.60. The van der Waals surface area contributed by atoms with Gasteiger partial charge in [-0.3, -0.25) is 4.79 Å². The number of ether oxygens (including phenoxy) is 2. The maximum atomic E-state index is 14.6. The first-order valence-electron chi connectivity index (χ1n) is 11.0. The highest BCUT2D eigenvalue weighted by atomic mass is 19.4. The normalized spacial score (nSPS) is 16.9. The summed E-state index contributed by atoms with van der Waals surface area (Å²) < 4.78 is 71.8. The Balaban J connectivity index is 0.000000479. The lowest BCUT2D eigenvalue weighted by molar-refractivity contribution is -0.192. The number of aromatic nitrogens is 1. The fourth-order valence-electron chi connectivity index (χ4n) is 3.60. The number of rotatable bonds is 4. The second kappa shape index (κ2) is 11.0. The van der Waals surface area contributed by atoms with E-state index in [0.717, 1.165) is 10.9 Å². The van der Waals surface area contributed by atoms with Crippen molar-refractivity contribution in [1.29, 1.82) is 0 Å². The van der Waals surface area contributed by atoms with Crippen LogP contribution in [0.25, 0.3) is 10.9 Å². The van der Waals surface area contributed by atoms with Crippen molar-refractivity contribution in [3.63, 3.8) is 0 Å². The maximum absolute atomic E-state index is 14.6. The van der Waals surface area contributed by atoms with Crippen LogP contribution in [0.4, 0.5) is 22.0 Å². The predicted octanol–water partition coefficient (Wildman–Crippen LogP) is 5.11. The molecule has 0 bridgehead atoms. The molecule has 1 fully saturated rings. The number of hydrogen-bond donors (Lipinski definition) is 1. The molecule has 0 saturated carbocycles. The quantitative estimate of drug-likeness (QED) is 0.475. The minimum Gasteiger partial charge on any atom is -0.496 e. The van der Waals surface area contributed by atoms with Crippen LogP contribution >= 0.6 is 0 Å². The molecule has 0 radical (unpaired) electrons. The molecule has 198 valence electrons. The van der Waals surface area contributed by atoms with Gasteiger partial charge in [-0.05, 0) is 31.2 Å². The van der Waals surface area contributed by atoms with Gasteiger partial charge in [0.1, 0.15) is 5.75 Å². The van der Waals surface area contributed by atoms with E-state index in [-0.39, 0.29) is 24.9 Å². The Bertz CT molecular complexity index is 1280. The zero-order valence-corrected chi connectivity index (χ0v) is 19.8. The SMILES string of the molecule is COc1ccc(C)cc1C(=O)N1CCC(F)(F)C(Oc2ccc3ccccc3n2)C1.O=C(O)C(F)(F)F. The predicted molar refractivity (Wildman–Crippen MR) is 123 cm³/mol. The van der Waals surface area contributed by atoms with Gasteiger partial charge in [0.25, 0.3) is 11.8 Å². The summed E-state index contributed by atoms with van der Waals surface area (Å²) in [5.41, 5.74) is 1.89. The molecular formula is C25H23F5N2O5. The average molecular weight is 526 g/mol. The van der Waals surface area contributed by atoms with Gasteiger partial charge in [0.2, 0.25) is 5.88 Å². The van der Waals surface area contributed by atoms with Crippen molar-refractivity contribution in [3.8, 4) is 11.6 Å². The van der Waals surface area contributed by atoms with Gasteiger partial charge in [-0.15, -0.1) is 0 Å². The summed E-state index contributed by atoms with van der Waals surface area (Å²) in [5.74, 6) is -5.66. The number of methoxy groups -OCH3 is 1. The maximum Gasteiger partial charge on any atom is 0.490 e. The summed E-state index contributed by atoms with van der Waals surface area (Å²) in [4.78, 5) is 27.7. The molecule has 1 saturated heterocycles. The highest BCUT2D eigenvalue weighted by Crippen LogP contribution is 2.33. The fraction of sp³-hybridized carbons (Fsp3) is 0.320. The number of pyridine rings is 1. The first-order chi connectivity index (χ1) is 17.3. The van der Waals surface area contributed by atoms with Crippen LogP contribution in [0.1, 0.15) is 22.3 Å². The topological polar surface area (TPSA) is 89.0 Å². The van der Waals surface area contributed by atoms with Crippen molar-refractivity contribution >= 4 is 22.8 Å². The van der Waals surface area contributed by atoms with E-state index in [1.807, 2.05) is 31.2 Å². The molecule has 1 atom stereocenters. The van der Waals surface area contributed by atoms with Gasteiger partial charge in [-0.1, -0.05) is 29.8 Å². The first kappa shape index (κ1) is 27.6. The monoisotopic (exact) mass is 526 g/mol. The van der Waals surface area contributed by atoms with E-state index in [2.05, 4.69) is 4.98 Å². The summed E-state index contributed by atoms with van der Waals surface area (Å²) in [6.07, 6.45) is -7.05. The largest absolute Gasteiger partial charge is 0.496 e. The van der Waals surface area contributed by atoms with Crippen LogP contribution in [0.15, 0.2) is 54.6 Å². The Labute approximate surface area is 208 Å². The van der Waals surface area contributed by atoms with Gasteiger partial charge in [-0.25, -0.2) is 18.6 Å². The highest BCUT2D eigenvalue weighted by Gasteiger charge is 2.47.